The molecule has 0 aliphatic heterocycles. The van der Waals surface area contributed by atoms with Crippen molar-refractivity contribution in [3.05, 3.63) is 64.4 Å². The van der Waals surface area contributed by atoms with Crippen LogP contribution in [-0.2, 0) is 4.74 Å². The zero-order valence-electron chi connectivity index (χ0n) is 10.7. The molecule has 0 aromatic heterocycles. The number of nitriles is 1. The third-order valence-corrected chi connectivity index (χ3v) is 3.07. The number of ether oxygens (including phenoxy) is 1. The maximum atomic E-state index is 9.36. The van der Waals surface area contributed by atoms with Gasteiger partial charge in [-0.05, 0) is 35.4 Å². The fourth-order valence-corrected chi connectivity index (χ4v) is 1.95. The van der Waals surface area contributed by atoms with E-state index < -0.39 is 0 Å². The van der Waals surface area contributed by atoms with Gasteiger partial charge in [0.15, 0.2) is 0 Å². The molecule has 1 aromatic rings. The number of oxime groups is 1. The molecule has 0 radical (unpaired) electrons. The molecule has 100 valence electrons. The van der Waals surface area contributed by atoms with Crippen LogP contribution in [0, 0.1) is 11.3 Å². The largest absolute Gasteiger partial charge is 0.494 e. The van der Waals surface area contributed by atoms with E-state index in [0.717, 1.165) is 5.56 Å². The quantitative estimate of drug-likeness (QED) is 0.514. The van der Waals surface area contributed by atoms with E-state index in [2.05, 4.69) is 11.2 Å². The van der Waals surface area contributed by atoms with Gasteiger partial charge in [0.05, 0.1) is 12.7 Å². The molecule has 0 saturated carbocycles. The SMILES string of the molecule is COC1=CC(=C(\C#N)c2ccc(Cl)cc2)/C=CC/1=N\O. The van der Waals surface area contributed by atoms with Gasteiger partial charge in [-0.3, -0.25) is 0 Å². The molecule has 0 bridgehead atoms. The molecule has 4 nitrogen and oxygen atoms in total. The summed E-state index contributed by atoms with van der Waals surface area (Å²) in [5.74, 6) is 0.395. The summed E-state index contributed by atoms with van der Waals surface area (Å²) in [6.45, 7) is 0. The highest BCUT2D eigenvalue weighted by atomic mass is 35.5. The van der Waals surface area contributed by atoms with Gasteiger partial charge in [0.25, 0.3) is 0 Å². The lowest BCUT2D eigenvalue weighted by atomic mass is 9.96. The number of nitrogens with zero attached hydrogens (tertiary/aromatic N) is 2. The maximum absolute atomic E-state index is 9.36. The van der Waals surface area contributed by atoms with Crippen molar-refractivity contribution in [2.24, 2.45) is 5.16 Å². The van der Waals surface area contributed by atoms with E-state index in [9.17, 15) is 5.26 Å². The normalized spacial score (nSPS) is 18.4. The van der Waals surface area contributed by atoms with Crippen molar-refractivity contribution in [1.29, 1.82) is 5.26 Å². The zero-order valence-corrected chi connectivity index (χ0v) is 11.4. The van der Waals surface area contributed by atoms with E-state index in [1.165, 1.54) is 7.11 Å². The molecule has 1 aliphatic rings. The highest BCUT2D eigenvalue weighted by Crippen LogP contribution is 2.25. The van der Waals surface area contributed by atoms with Crippen molar-refractivity contribution < 1.29 is 9.94 Å². The topological polar surface area (TPSA) is 65.6 Å². The van der Waals surface area contributed by atoms with Crippen molar-refractivity contribution in [2.75, 3.05) is 7.11 Å². The monoisotopic (exact) mass is 286 g/mol. The molecule has 20 heavy (non-hydrogen) atoms. The molecule has 5 heteroatoms. The second-order valence-corrected chi connectivity index (χ2v) is 4.42. The summed E-state index contributed by atoms with van der Waals surface area (Å²) in [5.41, 5.74) is 2.24. The Balaban J connectivity index is 2.53. The third-order valence-electron chi connectivity index (χ3n) is 2.82. The fourth-order valence-electron chi connectivity index (χ4n) is 1.83. The number of rotatable bonds is 2. The summed E-state index contributed by atoms with van der Waals surface area (Å²) in [7, 11) is 1.47. The van der Waals surface area contributed by atoms with Crippen LogP contribution in [-0.4, -0.2) is 18.0 Å². The summed E-state index contributed by atoms with van der Waals surface area (Å²) in [6, 6.07) is 9.17. The second kappa shape index (κ2) is 6.09. The average molecular weight is 287 g/mol. The molecule has 0 saturated heterocycles. The Morgan fingerprint density at radius 2 is 2.00 bits per heavy atom. The lowest BCUT2D eigenvalue weighted by molar-refractivity contribution is 0.295. The third kappa shape index (κ3) is 2.73. The van der Waals surface area contributed by atoms with Gasteiger partial charge in [-0.2, -0.15) is 5.26 Å². The van der Waals surface area contributed by atoms with Crippen molar-refractivity contribution in [3.63, 3.8) is 0 Å². The maximum Gasteiger partial charge on any atom is 0.148 e. The van der Waals surface area contributed by atoms with Crippen molar-refractivity contribution >= 4 is 22.9 Å². The van der Waals surface area contributed by atoms with Crippen LogP contribution < -0.4 is 0 Å². The number of benzene rings is 1. The highest BCUT2D eigenvalue weighted by Gasteiger charge is 2.14. The van der Waals surface area contributed by atoms with E-state index in [1.807, 2.05) is 0 Å². The molecular formula is C15H11ClN2O2. The molecule has 0 atom stereocenters. The smallest absolute Gasteiger partial charge is 0.148 e. The Labute approximate surface area is 121 Å². The number of hydrogen-bond donors (Lipinski definition) is 1. The van der Waals surface area contributed by atoms with Gasteiger partial charge in [0, 0.05) is 5.02 Å². The molecule has 0 amide bonds. The first-order chi connectivity index (χ1) is 9.69. The van der Waals surface area contributed by atoms with Gasteiger partial charge in [-0.1, -0.05) is 35.0 Å². The van der Waals surface area contributed by atoms with Gasteiger partial charge >= 0.3 is 0 Å². The predicted molar refractivity (Wildman–Crippen MR) is 77.4 cm³/mol. The van der Waals surface area contributed by atoms with Crippen molar-refractivity contribution in [2.45, 2.75) is 0 Å². The van der Waals surface area contributed by atoms with Crippen LogP contribution in [0.1, 0.15) is 5.56 Å². The van der Waals surface area contributed by atoms with Crippen LogP contribution >= 0.6 is 11.6 Å². The lowest BCUT2D eigenvalue weighted by Crippen LogP contribution is -2.06. The van der Waals surface area contributed by atoms with Gasteiger partial charge in [-0.25, -0.2) is 0 Å². The fraction of sp³-hybridized carbons (Fsp3) is 0.0667. The molecule has 0 heterocycles. The van der Waals surface area contributed by atoms with Gasteiger partial charge in [0.1, 0.15) is 17.5 Å². The van der Waals surface area contributed by atoms with Gasteiger partial charge < -0.3 is 9.94 Å². The number of methoxy groups -OCH3 is 1. The Bertz CT molecular complexity index is 677. The minimum Gasteiger partial charge on any atom is -0.494 e. The average Bonchev–Trinajstić information content (AvgIpc) is 2.49. The van der Waals surface area contributed by atoms with E-state index >= 15 is 0 Å². The summed E-state index contributed by atoms with van der Waals surface area (Å²) in [6.07, 6.45) is 4.94. The molecule has 0 spiro atoms. The Kier molecular flexibility index (Phi) is 4.24. The molecule has 1 aliphatic carbocycles. The molecular weight excluding hydrogens is 276 g/mol. The molecule has 0 fully saturated rings. The molecule has 0 unspecified atom stereocenters. The second-order valence-electron chi connectivity index (χ2n) is 3.98. The van der Waals surface area contributed by atoms with Crippen LogP contribution in [0.2, 0.25) is 5.02 Å². The standard InChI is InChI=1S/C15H11ClN2O2/c1-20-15-8-11(4-7-14(15)18-19)13(9-17)10-2-5-12(16)6-3-10/h2-8,19H,1H3/b13-11+,18-14+. The summed E-state index contributed by atoms with van der Waals surface area (Å²) >= 11 is 5.84. The zero-order chi connectivity index (χ0) is 14.5. The summed E-state index contributed by atoms with van der Waals surface area (Å²) in [4.78, 5) is 0. The molecule has 1 N–H and O–H groups in total. The van der Waals surface area contributed by atoms with E-state index in [1.54, 1.807) is 42.5 Å². The molecule has 1 aromatic carbocycles. The van der Waals surface area contributed by atoms with Crippen LogP contribution in [0.15, 0.2) is 59.0 Å². The number of allylic oxidation sites excluding steroid dienone is 5. The van der Waals surface area contributed by atoms with Crippen LogP contribution in [0.3, 0.4) is 0 Å². The van der Waals surface area contributed by atoms with Crippen LogP contribution in [0.4, 0.5) is 0 Å². The van der Waals surface area contributed by atoms with Crippen molar-refractivity contribution in [1.82, 2.24) is 0 Å². The predicted octanol–water partition coefficient (Wildman–Crippen LogP) is 3.55. The first-order valence-electron chi connectivity index (χ1n) is 5.76. The van der Waals surface area contributed by atoms with Gasteiger partial charge in [0.2, 0.25) is 0 Å². The summed E-state index contributed by atoms with van der Waals surface area (Å²) in [5, 5.41) is 21.9. The highest BCUT2D eigenvalue weighted by molar-refractivity contribution is 6.30. The first kappa shape index (κ1) is 13.9. The lowest BCUT2D eigenvalue weighted by Gasteiger charge is -2.11. The number of halogens is 1. The Morgan fingerprint density at radius 1 is 1.30 bits per heavy atom. The van der Waals surface area contributed by atoms with Crippen LogP contribution in [0.5, 0.6) is 0 Å². The van der Waals surface area contributed by atoms with E-state index in [-0.39, 0.29) is 0 Å². The van der Waals surface area contributed by atoms with Gasteiger partial charge in [-0.15, -0.1) is 0 Å². The molecule has 2 rings (SSSR count). The van der Waals surface area contributed by atoms with E-state index in [0.29, 0.717) is 27.6 Å². The summed E-state index contributed by atoms with van der Waals surface area (Å²) < 4.78 is 5.13. The number of hydrogen-bond acceptors (Lipinski definition) is 4. The minimum atomic E-state index is 0.310. The minimum absolute atomic E-state index is 0.310. The van der Waals surface area contributed by atoms with Crippen LogP contribution in [0.25, 0.3) is 5.57 Å². The van der Waals surface area contributed by atoms with Crippen molar-refractivity contribution in [3.8, 4) is 6.07 Å². The Morgan fingerprint density at radius 3 is 2.55 bits per heavy atom. The first-order valence-corrected chi connectivity index (χ1v) is 6.14. The Hall–Kier alpha value is -2.51. The van der Waals surface area contributed by atoms with E-state index in [4.69, 9.17) is 21.5 Å².